The molecule has 0 spiro atoms. The van der Waals surface area contributed by atoms with Crippen LogP contribution in [-0.4, -0.2) is 18.7 Å². The Morgan fingerprint density at radius 1 is 1.17 bits per heavy atom. The number of nitrogens with one attached hydrogen (secondary N) is 1. The monoisotopic (exact) mass is 357 g/mol. The predicted octanol–water partition coefficient (Wildman–Crippen LogP) is 4.98. The molecule has 2 aromatic carbocycles. The molecular weight excluding hydrogens is 343 g/mol. The van der Waals surface area contributed by atoms with Gasteiger partial charge < -0.3 is 10.1 Å². The van der Waals surface area contributed by atoms with E-state index in [1.54, 1.807) is 37.3 Å². The summed E-state index contributed by atoms with van der Waals surface area (Å²) in [5.41, 5.74) is 2.29. The van der Waals surface area contributed by atoms with Crippen LogP contribution in [0.1, 0.15) is 21.5 Å². The van der Waals surface area contributed by atoms with Crippen molar-refractivity contribution in [1.82, 2.24) is 0 Å². The maximum atomic E-state index is 12.2. The summed E-state index contributed by atoms with van der Waals surface area (Å²) in [6, 6.07) is 11.3. The number of carbonyl (C=O) groups excluding carboxylic acids is 1. The third-order valence-corrected chi connectivity index (χ3v) is 3.68. The van der Waals surface area contributed by atoms with Crippen molar-refractivity contribution in [2.24, 2.45) is 0 Å². The van der Waals surface area contributed by atoms with Crippen LogP contribution in [0.3, 0.4) is 0 Å². The topological polar surface area (TPSA) is 38.3 Å². The van der Waals surface area contributed by atoms with Crippen molar-refractivity contribution >= 4 is 23.2 Å². The van der Waals surface area contributed by atoms with Crippen molar-refractivity contribution < 1.29 is 22.7 Å². The molecule has 0 heterocycles. The van der Waals surface area contributed by atoms with Crippen LogP contribution in [0.15, 0.2) is 42.5 Å². The second-order valence-electron chi connectivity index (χ2n) is 5.17. The number of anilines is 1. The quantitative estimate of drug-likeness (QED) is 0.819. The zero-order valence-corrected chi connectivity index (χ0v) is 13.5. The molecule has 7 heteroatoms. The molecule has 0 fully saturated rings. The molecule has 3 nitrogen and oxygen atoms in total. The zero-order chi connectivity index (χ0) is 17.7. The Labute approximate surface area is 142 Å². The van der Waals surface area contributed by atoms with Gasteiger partial charge in [-0.2, -0.15) is 13.2 Å². The summed E-state index contributed by atoms with van der Waals surface area (Å²) < 4.78 is 40.6. The lowest BCUT2D eigenvalue weighted by Crippen LogP contribution is -2.16. The molecule has 0 unspecified atom stereocenters. The number of hydrogen-bond acceptors (Lipinski definition) is 2. The van der Waals surface area contributed by atoms with Gasteiger partial charge in [0.25, 0.3) is 5.91 Å². The molecule has 2 rings (SSSR count). The Balaban J connectivity index is 1.97. The van der Waals surface area contributed by atoms with Gasteiger partial charge in [-0.1, -0.05) is 29.8 Å². The highest BCUT2D eigenvalue weighted by Gasteiger charge is 2.27. The molecule has 0 aliphatic heterocycles. The summed E-state index contributed by atoms with van der Waals surface area (Å²) in [5.74, 6) is -0.330. The summed E-state index contributed by atoms with van der Waals surface area (Å²) in [7, 11) is 0. The van der Waals surface area contributed by atoms with Gasteiger partial charge in [0, 0.05) is 16.3 Å². The van der Waals surface area contributed by atoms with Gasteiger partial charge in [0.05, 0.1) is 6.61 Å². The van der Waals surface area contributed by atoms with E-state index in [9.17, 15) is 18.0 Å². The van der Waals surface area contributed by atoms with E-state index in [0.717, 1.165) is 5.56 Å². The van der Waals surface area contributed by atoms with Gasteiger partial charge in [0.1, 0.15) is 6.61 Å². The lowest BCUT2D eigenvalue weighted by Gasteiger charge is -2.10. The summed E-state index contributed by atoms with van der Waals surface area (Å²) in [4.78, 5) is 12.2. The number of carbonyl (C=O) groups is 1. The normalized spacial score (nSPS) is 11.4. The van der Waals surface area contributed by atoms with Crippen LogP contribution in [-0.2, 0) is 11.3 Å². The minimum absolute atomic E-state index is 0.172. The number of hydrogen-bond donors (Lipinski definition) is 1. The molecular formula is C17H15ClF3NO2. The van der Waals surface area contributed by atoms with Gasteiger partial charge in [-0.05, 0) is 42.3 Å². The van der Waals surface area contributed by atoms with Gasteiger partial charge >= 0.3 is 6.18 Å². The van der Waals surface area contributed by atoms with Crippen molar-refractivity contribution in [3.8, 4) is 0 Å². The van der Waals surface area contributed by atoms with E-state index in [4.69, 9.17) is 11.6 Å². The van der Waals surface area contributed by atoms with Gasteiger partial charge in [-0.3, -0.25) is 4.79 Å². The molecule has 0 saturated heterocycles. The lowest BCUT2D eigenvalue weighted by molar-refractivity contribution is -0.176. The molecule has 24 heavy (non-hydrogen) atoms. The fourth-order valence-electron chi connectivity index (χ4n) is 1.97. The fourth-order valence-corrected chi connectivity index (χ4v) is 2.15. The van der Waals surface area contributed by atoms with E-state index in [2.05, 4.69) is 10.1 Å². The van der Waals surface area contributed by atoms with E-state index >= 15 is 0 Å². The van der Waals surface area contributed by atoms with Crippen LogP contribution in [0.25, 0.3) is 0 Å². The smallest absolute Gasteiger partial charge is 0.367 e. The molecule has 2 aromatic rings. The van der Waals surface area contributed by atoms with Gasteiger partial charge in [0.15, 0.2) is 0 Å². The molecule has 0 aliphatic rings. The van der Waals surface area contributed by atoms with Crippen LogP contribution in [0.5, 0.6) is 0 Å². The Kier molecular flexibility index (Phi) is 5.85. The Morgan fingerprint density at radius 2 is 1.83 bits per heavy atom. The number of rotatable bonds is 5. The Bertz CT molecular complexity index is 715. The fraction of sp³-hybridized carbons (Fsp3) is 0.235. The van der Waals surface area contributed by atoms with Crippen molar-refractivity contribution in [2.45, 2.75) is 19.7 Å². The summed E-state index contributed by atoms with van der Waals surface area (Å²) in [6.07, 6.45) is -4.35. The SMILES string of the molecule is Cc1c(Cl)cccc1NC(=O)c1ccc(COCC(F)(F)F)cc1. The average molecular weight is 358 g/mol. The van der Waals surface area contributed by atoms with Gasteiger partial charge in [-0.25, -0.2) is 0 Å². The summed E-state index contributed by atoms with van der Waals surface area (Å²) in [5, 5.41) is 3.29. The molecule has 0 aliphatic carbocycles. The second kappa shape index (κ2) is 7.68. The average Bonchev–Trinajstić information content (AvgIpc) is 2.51. The first kappa shape index (κ1) is 18.3. The number of ether oxygens (including phenoxy) is 1. The third-order valence-electron chi connectivity index (χ3n) is 3.27. The van der Waals surface area contributed by atoms with E-state index in [1.807, 2.05) is 0 Å². The Hall–Kier alpha value is -2.05. The van der Waals surface area contributed by atoms with Crippen molar-refractivity contribution in [2.75, 3.05) is 11.9 Å². The van der Waals surface area contributed by atoms with E-state index in [0.29, 0.717) is 21.8 Å². The minimum Gasteiger partial charge on any atom is -0.367 e. The van der Waals surface area contributed by atoms with E-state index < -0.39 is 12.8 Å². The number of benzene rings is 2. The molecule has 0 bridgehead atoms. The first-order valence-corrected chi connectivity index (χ1v) is 7.44. The molecule has 1 N–H and O–H groups in total. The van der Waals surface area contributed by atoms with Crippen LogP contribution >= 0.6 is 11.6 Å². The maximum absolute atomic E-state index is 12.2. The van der Waals surface area contributed by atoms with Gasteiger partial charge in [0.2, 0.25) is 0 Å². The number of amides is 1. The standard InChI is InChI=1S/C17H15ClF3NO2/c1-11-14(18)3-2-4-15(11)22-16(23)13-7-5-12(6-8-13)9-24-10-17(19,20)21/h2-8H,9-10H2,1H3,(H,22,23). The molecule has 0 saturated carbocycles. The minimum atomic E-state index is -4.35. The molecule has 0 radical (unpaired) electrons. The van der Waals surface area contributed by atoms with E-state index in [-0.39, 0.29) is 12.5 Å². The molecule has 128 valence electrons. The third kappa shape index (κ3) is 5.25. The number of halogens is 4. The predicted molar refractivity (Wildman–Crippen MR) is 86.3 cm³/mol. The first-order valence-electron chi connectivity index (χ1n) is 7.06. The van der Waals surface area contributed by atoms with Gasteiger partial charge in [-0.15, -0.1) is 0 Å². The largest absolute Gasteiger partial charge is 0.411 e. The highest BCUT2D eigenvalue weighted by molar-refractivity contribution is 6.31. The second-order valence-corrected chi connectivity index (χ2v) is 5.58. The summed E-state index contributed by atoms with van der Waals surface area (Å²) in [6.45, 7) is 0.317. The van der Waals surface area contributed by atoms with Crippen molar-refractivity contribution in [3.05, 3.63) is 64.2 Å². The zero-order valence-electron chi connectivity index (χ0n) is 12.8. The highest BCUT2D eigenvalue weighted by atomic mass is 35.5. The summed E-state index contributed by atoms with van der Waals surface area (Å²) >= 11 is 6.00. The molecule has 1 amide bonds. The van der Waals surface area contributed by atoms with Crippen molar-refractivity contribution in [1.29, 1.82) is 0 Å². The molecule has 0 aromatic heterocycles. The lowest BCUT2D eigenvalue weighted by atomic mass is 10.1. The highest BCUT2D eigenvalue weighted by Crippen LogP contribution is 2.23. The van der Waals surface area contributed by atoms with Crippen LogP contribution in [0.2, 0.25) is 5.02 Å². The first-order chi connectivity index (χ1) is 11.3. The van der Waals surface area contributed by atoms with Crippen molar-refractivity contribution in [3.63, 3.8) is 0 Å². The molecule has 0 atom stereocenters. The van der Waals surface area contributed by atoms with E-state index in [1.165, 1.54) is 12.1 Å². The maximum Gasteiger partial charge on any atom is 0.411 e. The Morgan fingerprint density at radius 3 is 2.46 bits per heavy atom. The van der Waals surface area contributed by atoms with Crippen LogP contribution in [0, 0.1) is 6.92 Å². The van der Waals surface area contributed by atoms with Crippen LogP contribution in [0.4, 0.5) is 18.9 Å². The number of alkyl halides is 3. The van der Waals surface area contributed by atoms with Crippen LogP contribution < -0.4 is 5.32 Å².